The van der Waals surface area contributed by atoms with Crippen LogP contribution in [0.3, 0.4) is 0 Å². The van der Waals surface area contributed by atoms with Gasteiger partial charge in [-0.05, 0) is 31.7 Å². The Kier molecular flexibility index (Phi) is 5.14. The van der Waals surface area contributed by atoms with Gasteiger partial charge in [-0.25, -0.2) is 4.79 Å². The van der Waals surface area contributed by atoms with Gasteiger partial charge in [0.1, 0.15) is 6.04 Å². The van der Waals surface area contributed by atoms with Gasteiger partial charge in [0, 0.05) is 12.1 Å². The van der Waals surface area contributed by atoms with E-state index >= 15 is 0 Å². The van der Waals surface area contributed by atoms with E-state index in [0.29, 0.717) is 6.54 Å². The normalized spacial score (nSPS) is 15.2. The number of amides is 1. The molecular weight excluding hydrogens is 266 g/mol. The lowest BCUT2D eigenvalue weighted by molar-refractivity contribution is -0.151. The molecule has 0 aromatic heterocycles. The van der Waals surface area contributed by atoms with Crippen molar-refractivity contribution in [1.29, 1.82) is 0 Å². The number of hydrogen-bond donors (Lipinski definition) is 0. The number of carbonyl (C=O) groups is 2. The van der Waals surface area contributed by atoms with Gasteiger partial charge in [0.05, 0.1) is 7.11 Å². The zero-order valence-corrected chi connectivity index (χ0v) is 12.5. The number of benzene rings is 1. The highest BCUT2D eigenvalue weighted by atomic mass is 16.5. The van der Waals surface area contributed by atoms with Crippen LogP contribution in [-0.4, -0.2) is 29.9 Å². The fourth-order valence-electron chi connectivity index (χ4n) is 2.51. The largest absolute Gasteiger partial charge is 0.467 e. The van der Waals surface area contributed by atoms with E-state index in [1.54, 1.807) is 11.8 Å². The highest BCUT2D eigenvalue weighted by molar-refractivity contribution is 5.96. The van der Waals surface area contributed by atoms with Crippen LogP contribution in [0.1, 0.15) is 31.7 Å². The van der Waals surface area contributed by atoms with Crippen LogP contribution in [0, 0.1) is 0 Å². The molecule has 1 atom stereocenters. The number of ether oxygens (including phenoxy) is 1. The van der Waals surface area contributed by atoms with Crippen LogP contribution in [-0.2, 0) is 20.9 Å². The van der Waals surface area contributed by atoms with Crippen molar-refractivity contribution in [3.8, 4) is 0 Å². The van der Waals surface area contributed by atoms with Crippen LogP contribution in [0.4, 0.5) is 0 Å². The van der Waals surface area contributed by atoms with Crippen LogP contribution in [0.25, 0.3) is 0 Å². The summed E-state index contributed by atoms with van der Waals surface area (Å²) in [5, 5.41) is 0. The molecule has 4 nitrogen and oxygen atoms in total. The third kappa shape index (κ3) is 3.72. The van der Waals surface area contributed by atoms with Gasteiger partial charge in [-0.1, -0.05) is 36.4 Å². The van der Waals surface area contributed by atoms with Crippen molar-refractivity contribution in [1.82, 2.24) is 4.90 Å². The minimum Gasteiger partial charge on any atom is -0.467 e. The average molecular weight is 287 g/mol. The van der Waals surface area contributed by atoms with Gasteiger partial charge in [0.2, 0.25) is 5.91 Å². The van der Waals surface area contributed by atoms with Gasteiger partial charge in [-0.15, -0.1) is 0 Å². The maximum absolute atomic E-state index is 12.7. The number of carbonyl (C=O) groups excluding carboxylic acids is 2. The quantitative estimate of drug-likeness (QED) is 0.782. The first-order chi connectivity index (χ1) is 10.1. The zero-order chi connectivity index (χ0) is 15.2. The summed E-state index contributed by atoms with van der Waals surface area (Å²) < 4.78 is 4.79. The second kappa shape index (κ2) is 7.07. The molecule has 0 spiro atoms. The van der Waals surface area contributed by atoms with E-state index in [4.69, 9.17) is 4.74 Å². The first-order valence-electron chi connectivity index (χ1n) is 7.25. The molecule has 0 N–H and O–H groups in total. The number of allylic oxidation sites excluding steroid dienone is 1. The van der Waals surface area contributed by atoms with Crippen molar-refractivity contribution in [3.05, 3.63) is 47.5 Å². The third-order valence-electron chi connectivity index (χ3n) is 3.78. The van der Waals surface area contributed by atoms with Crippen LogP contribution in [0.5, 0.6) is 0 Å². The number of esters is 1. The summed E-state index contributed by atoms with van der Waals surface area (Å²) >= 11 is 0. The Hall–Kier alpha value is -2.10. The monoisotopic (exact) mass is 287 g/mol. The van der Waals surface area contributed by atoms with Crippen molar-refractivity contribution in [2.75, 3.05) is 7.11 Å². The molecule has 1 aromatic carbocycles. The Morgan fingerprint density at radius 2 is 2.00 bits per heavy atom. The molecule has 0 radical (unpaired) electrons. The molecule has 4 heteroatoms. The Labute approximate surface area is 125 Å². The lowest BCUT2D eigenvalue weighted by Gasteiger charge is -2.28. The van der Waals surface area contributed by atoms with E-state index in [0.717, 1.165) is 30.4 Å². The van der Waals surface area contributed by atoms with Gasteiger partial charge >= 0.3 is 5.97 Å². The summed E-state index contributed by atoms with van der Waals surface area (Å²) in [7, 11) is 1.35. The minimum atomic E-state index is -0.593. The summed E-state index contributed by atoms with van der Waals surface area (Å²) in [4.78, 5) is 26.1. The molecule has 112 valence electrons. The van der Waals surface area contributed by atoms with Gasteiger partial charge in [0.25, 0.3) is 0 Å². The molecule has 0 bridgehead atoms. The van der Waals surface area contributed by atoms with E-state index in [-0.39, 0.29) is 5.91 Å². The molecule has 0 saturated heterocycles. The molecule has 0 saturated carbocycles. The van der Waals surface area contributed by atoms with E-state index in [1.807, 2.05) is 36.4 Å². The maximum Gasteiger partial charge on any atom is 0.328 e. The highest BCUT2D eigenvalue weighted by Gasteiger charge is 2.29. The molecule has 0 fully saturated rings. The van der Waals surface area contributed by atoms with Crippen molar-refractivity contribution in [3.63, 3.8) is 0 Å². The number of hydrogen-bond acceptors (Lipinski definition) is 3. The van der Waals surface area contributed by atoms with E-state index < -0.39 is 12.0 Å². The fourth-order valence-corrected chi connectivity index (χ4v) is 2.51. The van der Waals surface area contributed by atoms with Gasteiger partial charge in [-0.3, -0.25) is 4.79 Å². The standard InChI is InChI=1S/C17H21NO3/c1-13(17(20)21-2)18(12-14-8-4-3-5-9-14)16(19)15-10-6-7-11-15/h3-5,8-10,13H,6-7,11-12H2,1-2H3/t13-/m0/s1. The van der Waals surface area contributed by atoms with E-state index in [2.05, 4.69) is 0 Å². The number of rotatable bonds is 5. The fraction of sp³-hybridized carbons (Fsp3) is 0.412. The Balaban J connectivity index is 2.21. The molecule has 0 heterocycles. The van der Waals surface area contributed by atoms with Crippen molar-refractivity contribution in [2.24, 2.45) is 0 Å². The first kappa shape index (κ1) is 15.3. The SMILES string of the molecule is COC(=O)[C@H](C)N(Cc1ccccc1)C(=O)C1=CCCC1. The molecule has 21 heavy (non-hydrogen) atoms. The zero-order valence-electron chi connectivity index (χ0n) is 12.5. The molecule has 0 aliphatic heterocycles. The highest BCUT2D eigenvalue weighted by Crippen LogP contribution is 2.22. The number of nitrogens with zero attached hydrogens (tertiary/aromatic N) is 1. The molecule has 1 aromatic rings. The van der Waals surface area contributed by atoms with Gasteiger partial charge in [0.15, 0.2) is 0 Å². The summed E-state index contributed by atoms with van der Waals surface area (Å²) in [6.07, 6.45) is 4.71. The summed E-state index contributed by atoms with van der Waals surface area (Å²) in [6, 6.07) is 9.09. The lowest BCUT2D eigenvalue weighted by Crippen LogP contribution is -2.43. The lowest BCUT2D eigenvalue weighted by atomic mass is 10.1. The first-order valence-corrected chi connectivity index (χ1v) is 7.25. The van der Waals surface area contributed by atoms with Gasteiger partial charge in [-0.2, -0.15) is 0 Å². The summed E-state index contributed by atoms with van der Waals surface area (Å²) in [6.45, 7) is 2.12. The van der Waals surface area contributed by atoms with Crippen molar-refractivity contribution in [2.45, 2.75) is 38.8 Å². The maximum atomic E-state index is 12.7. The van der Waals surface area contributed by atoms with E-state index in [9.17, 15) is 9.59 Å². The summed E-state index contributed by atoms with van der Waals surface area (Å²) in [5.41, 5.74) is 1.81. The Bertz CT molecular complexity index is 536. The van der Waals surface area contributed by atoms with Crippen LogP contribution < -0.4 is 0 Å². The van der Waals surface area contributed by atoms with Crippen molar-refractivity contribution >= 4 is 11.9 Å². The second-order valence-corrected chi connectivity index (χ2v) is 5.24. The van der Waals surface area contributed by atoms with Crippen LogP contribution in [0.2, 0.25) is 0 Å². The topological polar surface area (TPSA) is 46.6 Å². The van der Waals surface area contributed by atoms with Crippen LogP contribution in [0.15, 0.2) is 42.0 Å². The molecule has 2 rings (SSSR count). The molecular formula is C17H21NO3. The van der Waals surface area contributed by atoms with E-state index in [1.165, 1.54) is 7.11 Å². The van der Waals surface area contributed by atoms with Gasteiger partial charge < -0.3 is 9.64 Å². The minimum absolute atomic E-state index is 0.0609. The average Bonchev–Trinajstić information content (AvgIpc) is 3.06. The Morgan fingerprint density at radius 3 is 2.57 bits per heavy atom. The number of methoxy groups -OCH3 is 1. The summed E-state index contributed by atoms with van der Waals surface area (Å²) in [5.74, 6) is -0.452. The molecule has 0 unspecified atom stereocenters. The third-order valence-corrected chi connectivity index (χ3v) is 3.78. The predicted octanol–water partition coefficient (Wildman–Crippen LogP) is 2.69. The predicted molar refractivity (Wildman–Crippen MR) is 80.4 cm³/mol. The van der Waals surface area contributed by atoms with Crippen LogP contribution >= 0.6 is 0 Å². The molecule has 1 aliphatic carbocycles. The smallest absolute Gasteiger partial charge is 0.328 e. The van der Waals surface area contributed by atoms with Crippen molar-refractivity contribution < 1.29 is 14.3 Å². The second-order valence-electron chi connectivity index (χ2n) is 5.24. The molecule has 1 aliphatic rings. The molecule has 1 amide bonds. The Morgan fingerprint density at radius 1 is 1.29 bits per heavy atom.